The predicted octanol–water partition coefficient (Wildman–Crippen LogP) is 2.78. The lowest BCUT2D eigenvalue weighted by Crippen LogP contribution is -2.27. The van der Waals surface area contributed by atoms with Crippen LogP contribution >= 0.6 is 10.7 Å². The van der Waals surface area contributed by atoms with Crippen molar-refractivity contribution in [3.8, 4) is 0 Å². The second-order valence-electron chi connectivity index (χ2n) is 5.53. The van der Waals surface area contributed by atoms with Gasteiger partial charge in [0.2, 0.25) is 0 Å². The first kappa shape index (κ1) is 16.0. The molecule has 0 atom stereocenters. The monoisotopic (exact) mass is 303 g/mol. The van der Waals surface area contributed by atoms with E-state index in [9.17, 15) is 13.2 Å². The molecule has 0 radical (unpaired) electrons. The first-order chi connectivity index (χ1) is 8.59. The summed E-state index contributed by atoms with van der Waals surface area (Å²) in [5.74, 6) is -0.220. The van der Waals surface area contributed by atoms with E-state index in [2.05, 4.69) is 26.1 Å². The topological polar surface area (TPSA) is 63.2 Å². The van der Waals surface area contributed by atoms with E-state index < -0.39 is 9.05 Å². The van der Waals surface area contributed by atoms with Gasteiger partial charge < -0.3 is 5.32 Å². The van der Waals surface area contributed by atoms with Crippen molar-refractivity contribution < 1.29 is 13.2 Å². The fourth-order valence-electron chi connectivity index (χ4n) is 1.42. The Bertz CT molecular complexity index is 544. The Balaban J connectivity index is 2.64. The second-order valence-corrected chi connectivity index (χ2v) is 8.09. The van der Waals surface area contributed by atoms with Crippen LogP contribution in [-0.2, 0) is 9.05 Å². The maximum atomic E-state index is 11.8. The van der Waals surface area contributed by atoms with Gasteiger partial charge in [-0.15, -0.1) is 0 Å². The molecule has 19 heavy (non-hydrogen) atoms. The Morgan fingerprint density at radius 1 is 1.21 bits per heavy atom. The molecule has 0 heterocycles. The van der Waals surface area contributed by atoms with E-state index in [4.69, 9.17) is 10.7 Å². The lowest BCUT2D eigenvalue weighted by molar-refractivity contribution is 0.0949. The lowest BCUT2D eigenvalue weighted by Gasteiger charge is -2.18. The van der Waals surface area contributed by atoms with Crippen LogP contribution in [0.3, 0.4) is 0 Å². The molecule has 0 saturated heterocycles. The lowest BCUT2D eigenvalue weighted by atomic mass is 9.92. The molecule has 0 unspecified atom stereocenters. The fourth-order valence-corrected chi connectivity index (χ4v) is 2.19. The van der Waals surface area contributed by atoms with E-state index in [1.165, 1.54) is 24.3 Å². The summed E-state index contributed by atoms with van der Waals surface area (Å²) in [6, 6.07) is 5.53. The summed E-state index contributed by atoms with van der Waals surface area (Å²) >= 11 is 0. The molecular formula is C13H18ClNO3S. The first-order valence-corrected chi connectivity index (χ1v) is 8.23. The molecule has 0 aliphatic heterocycles. The van der Waals surface area contributed by atoms with Crippen molar-refractivity contribution in [1.82, 2.24) is 5.32 Å². The number of nitrogens with one attached hydrogen (secondary N) is 1. The predicted molar refractivity (Wildman–Crippen MR) is 75.9 cm³/mol. The van der Waals surface area contributed by atoms with E-state index in [1.807, 2.05) is 0 Å². The molecule has 0 aliphatic carbocycles. The second kappa shape index (κ2) is 5.92. The van der Waals surface area contributed by atoms with Gasteiger partial charge >= 0.3 is 0 Å². The van der Waals surface area contributed by atoms with Crippen molar-refractivity contribution in [1.29, 1.82) is 0 Å². The van der Waals surface area contributed by atoms with Crippen molar-refractivity contribution in [3.05, 3.63) is 29.8 Å². The van der Waals surface area contributed by atoms with Crippen LogP contribution < -0.4 is 5.32 Å². The zero-order valence-electron chi connectivity index (χ0n) is 11.2. The highest BCUT2D eigenvalue weighted by Gasteiger charge is 2.13. The zero-order chi connectivity index (χ0) is 14.7. The Labute approximate surface area is 118 Å². The molecule has 6 heteroatoms. The van der Waals surface area contributed by atoms with E-state index in [1.54, 1.807) is 0 Å². The van der Waals surface area contributed by atoms with Crippen LogP contribution in [0.15, 0.2) is 29.2 Å². The normalized spacial score (nSPS) is 12.2. The molecule has 1 amide bonds. The van der Waals surface area contributed by atoms with Crippen LogP contribution in [-0.4, -0.2) is 20.9 Å². The number of carbonyl (C=O) groups excluding carboxylic acids is 1. The van der Waals surface area contributed by atoms with Crippen molar-refractivity contribution in [2.24, 2.45) is 5.41 Å². The average molecular weight is 304 g/mol. The van der Waals surface area contributed by atoms with Crippen LogP contribution in [0.5, 0.6) is 0 Å². The number of amides is 1. The summed E-state index contributed by atoms with van der Waals surface area (Å²) in [6.45, 7) is 6.87. The minimum atomic E-state index is -3.74. The van der Waals surface area contributed by atoms with Crippen LogP contribution in [0.2, 0.25) is 0 Å². The van der Waals surface area contributed by atoms with E-state index in [0.29, 0.717) is 12.1 Å². The highest BCUT2D eigenvalue weighted by Crippen LogP contribution is 2.17. The van der Waals surface area contributed by atoms with Crippen molar-refractivity contribution in [3.63, 3.8) is 0 Å². The number of rotatable bonds is 4. The van der Waals surface area contributed by atoms with Crippen molar-refractivity contribution in [2.75, 3.05) is 6.54 Å². The van der Waals surface area contributed by atoms with Gasteiger partial charge in [-0.25, -0.2) is 8.42 Å². The maximum absolute atomic E-state index is 11.8. The summed E-state index contributed by atoms with van der Waals surface area (Å²) in [4.78, 5) is 11.8. The summed E-state index contributed by atoms with van der Waals surface area (Å²) in [5.41, 5.74) is 0.571. The van der Waals surface area contributed by atoms with E-state index in [0.717, 1.165) is 6.42 Å². The summed E-state index contributed by atoms with van der Waals surface area (Å²) in [6.07, 6.45) is 0.868. The number of hydrogen-bond acceptors (Lipinski definition) is 3. The quantitative estimate of drug-likeness (QED) is 0.870. The SMILES string of the molecule is CC(C)(C)CCNC(=O)c1ccc(S(=O)(=O)Cl)cc1. The van der Waals surface area contributed by atoms with Gasteiger partial charge in [-0.2, -0.15) is 0 Å². The maximum Gasteiger partial charge on any atom is 0.261 e. The van der Waals surface area contributed by atoms with Gasteiger partial charge in [-0.1, -0.05) is 20.8 Å². The van der Waals surface area contributed by atoms with Crippen LogP contribution in [0.4, 0.5) is 0 Å². The number of halogens is 1. The largest absolute Gasteiger partial charge is 0.352 e. The molecule has 0 aliphatic rings. The third-order valence-electron chi connectivity index (χ3n) is 2.56. The third-order valence-corrected chi connectivity index (χ3v) is 3.93. The zero-order valence-corrected chi connectivity index (χ0v) is 12.8. The van der Waals surface area contributed by atoms with Crippen LogP contribution in [0, 0.1) is 5.41 Å². The van der Waals surface area contributed by atoms with Gasteiger partial charge in [0.25, 0.3) is 15.0 Å². The highest BCUT2D eigenvalue weighted by molar-refractivity contribution is 8.13. The molecule has 1 rings (SSSR count). The molecular weight excluding hydrogens is 286 g/mol. The standard InChI is InChI=1S/C13H18ClNO3S/c1-13(2,3)8-9-15-12(16)10-4-6-11(7-5-10)19(14,17)18/h4-7H,8-9H2,1-3H3,(H,15,16). The summed E-state index contributed by atoms with van der Waals surface area (Å²) in [5, 5.41) is 2.79. The summed E-state index contributed by atoms with van der Waals surface area (Å²) in [7, 11) is 1.45. The average Bonchev–Trinajstić information content (AvgIpc) is 2.26. The van der Waals surface area contributed by atoms with Gasteiger partial charge in [0.1, 0.15) is 0 Å². The third kappa shape index (κ3) is 5.61. The Morgan fingerprint density at radius 3 is 2.16 bits per heavy atom. The highest BCUT2D eigenvalue weighted by atomic mass is 35.7. The molecule has 0 aromatic heterocycles. The van der Waals surface area contributed by atoms with Gasteiger partial charge in [0.15, 0.2) is 0 Å². The van der Waals surface area contributed by atoms with Crippen molar-refractivity contribution in [2.45, 2.75) is 32.1 Å². The molecule has 0 saturated carbocycles. The molecule has 0 fully saturated rings. The van der Waals surface area contributed by atoms with Gasteiger partial charge in [-0.3, -0.25) is 4.79 Å². The molecule has 106 valence electrons. The Morgan fingerprint density at radius 2 is 1.74 bits per heavy atom. The van der Waals surface area contributed by atoms with E-state index in [-0.39, 0.29) is 16.2 Å². The molecule has 0 spiro atoms. The van der Waals surface area contributed by atoms with Crippen LogP contribution in [0.25, 0.3) is 0 Å². The Kier molecular flexibility index (Phi) is 4.98. The number of hydrogen-bond donors (Lipinski definition) is 1. The number of carbonyl (C=O) groups is 1. The number of benzene rings is 1. The van der Waals surface area contributed by atoms with Gasteiger partial charge in [-0.05, 0) is 36.1 Å². The molecule has 0 bridgehead atoms. The van der Waals surface area contributed by atoms with Gasteiger partial charge in [0.05, 0.1) is 4.90 Å². The van der Waals surface area contributed by atoms with Gasteiger partial charge in [0, 0.05) is 22.8 Å². The smallest absolute Gasteiger partial charge is 0.261 e. The molecule has 1 N–H and O–H groups in total. The van der Waals surface area contributed by atoms with Crippen molar-refractivity contribution >= 4 is 25.6 Å². The first-order valence-electron chi connectivity index (χ1n) is 5.92. The molecule has 1 aromatic rings. The fraction of sp³-hybridized carbons (Fsp3) is 0.462. The minimum absolute atomic E-state index is 0.0135. The Hall–Kier alpha value is -1.07. The summed E-state index contributed by atoms with van der Waals surface area (Å²) < 4.78 is 22.1. The van der Waals surface area contributed by atoms with Crippen LogP contribution in [0.1, 0.15) is 37.6 Å². The molecule has 4 nitrogen and oxygen atoms in total. The molecule has 1 aromatic carbocycles. The van der Waals surface area contributed by atoms with E-state index >= 15 is 0 Å². The minimum Gasteiger partial charge on any atom is -0.352 e.